The van der Waals surface area contributed by atoms with Crippen LogP contribution in [0.5, 0.6) is 5.75 Å². The molecule has 0 aliphatic carbocycles. The summed E-state index contributed by atoms with van der Waals surface area (Å²) < 4.78 is 33.0. The number of guanidine groups is 1. The summed E-state index contributed by atoms with van der Waals surface area (Å²) in [6.07, 6.45) is 0.467. The lowest BCUT2D eigenvalue weighted by atomic mass is 10.1. The average molecular weight is 814 g/mol. The summed E-state index contributed by atoms with van der Waals surface area (Å²) in [7, 11) is -4.28. The number of hydrogen-bond acceptors (Lipinski definition) is 15. The summed E-state index contributed by atoms with van der Waals surface area (Å²) in [4.78, 5) is 80.9. The normalized spacial score (nSPS) is 17.0. The molecule has 3 rings (SSSR count). The number of carbonyl (C=O) groups is 6. The van der Waals surface area contributed by atoms with E-state index < -0.39 is 76.6 Å². The third kappa shape index (κ3) is 17.1. The maximum atomic E-state index is 12.7. The number of carboxylic acid groups (broad SMARTS) is 4. The van der Waals surface area contributed by atoms with E-state index in [1.54, 1.807) is 26.8 Å². The summed E-state index contributed by atoms with van der Waals surface area (Å²) in [5.41, 5.74) is 0.179. The summed E-state index contributed by atoms with van der Waals surface area (Å²) in [5.74, 6) is -5.83. The number of benzene rings is 1. The summed E-state index contributed by atoms with van der Waals surface area (Å²) in [5, 5.41) is 49.1. The van der Waals surface area contributed by atoms with Crippen molar-refractivity contribution in [1.82, 2.24) is 40.7 Å². The van der Waals surface area contributed by atoms with Crippen molar-refractivity contribution in [1.29, 1.82) is 0 Å². The number of nitrogens with zero attached hydrogens (tertiary/aromatic N) is 4. The molecule has 9 N–H and O–H groups in total. The van der Waals surface area contributed by atoms with Crippen LogP contribution in [0, 0.1) is 0 Å². The van der Waals surface area contributed by atoms with Crippen molar-refractivity contribution in [3.8, 4) is 5.75 Å². The van der Waals surface area contributed by atoms with E-state index in [4.69, 9.17) is 4.74 Å². The van der Waals surface area contributed by atoms with Gasteiger partial charge in [-0.2, -0.15) is 4.72 Å². The van der Waals surface area contributed by atoms with Crippen molar-refractivity contribution in [2.24, 2.45) is 4.99 Å². The molecule has 1 aromatic rings. The first-order valence-electron chi connectivity index (χ1n) is 18.0. The second-order valence-corrected chi connectivity index (χ2v) is 14.8. The minimum Gasteiger partial charge on any atom is -0.492 e. The number of nitrogens with one attached hydrogen (secondary N) is 5. The van der Waals surface area contributed by atoms with Gasteiger partial charge in [0.2, 0.25) is 15.9 Å². The van der Waals surface area contributed by atoms with Crippen molar-refractivity contribution in [2.45, 2.75) is 31.3 Å². The zero-order chi connectivity index (χ0) is 41.1. The fraction of sp³-hybridized carbons (Fsp3) is 0.606. The SMILES string of the molecule is O=C(O)CN1CCN(CC(=O)O)CCN(C(CCC(=O)NCCS(=O)(=O)NC(CNC(=O)c2ccc(OCCNC3=NCCCN3)cc2)C(=O)O)C(=O)O)CC1. The number of amides is 2. The van der Waals surface area contributed by atoms with Gasteiger partial charge in [-0.15, -0.1) is 0 Å². The zero-order valence-corrected chi connectivity index (χ0v) is 31.7. The molecule has 2 aliphatic rings. The Morgan fingerprint density at radius 2 is 1.46 bits per heavy atom. The molecule has 2 aliphatic heterocycles. The highest BCUT2D eigenvalue weighted by atomic mass is 32.2. The molecule has 1 fully saturated rings. The van der Waals surface area contributed by atoms with E-state index in [-0.39, 0.29) is 70.8 Å². The molecule has 1 aromatic carbocycles. The molecule has 23 heteroatoms. The van der Waals surface area contributed by atoms with Crippen LogP contribution in [0.15, 0.2) is 29.3 Å². The molecule has 0 radical (unpaired) electrons. The monoisotopic (exact) mass is 813 g/mol. The molecular weight excluding hydrogens is 762 g/mol. The molecule has 0 bridgehead atoms. The van der Waals surface area contributed by atoms with Crippen LogP contribution < -0.4 is 30.7 Å². The maximum absolute atomic E-state index is 12.7. The molecular formula is C33H51N9O13S. The van der Waals surface area contributed by atoms with Crippen LogP contribution in [-0.2, 0) is 34.0 Å². The predicted molar refractivity (Wildman–Crippen MR) is 199 cm³/mol. The van der Waals surface area contributed by atoms with Gasteiger partial charge in [0.15, 0.2) is 5.96 Å². The lowest BCUT2D eigenvalue weighted by Gasteiger charge is -2.30. The van der Waals surface area contributed by atoms with E-state index in [0.29, 0.717) is 24.9 Å². The third-order valence-corrected chi connectivity index (χ3v) is 10.1. The maximum Gasteiger partial charge on any atom is 0.323 e. The van der Waals surface area contributed by atoms with Gasteiger partial charge in [-0.05, 0) is 37.1 Å². The lowest BCUT2D eigenvalue weighted by Crippen LogP contribution is -2.49. The summed E-state index contributed by atoms with van der Waals surface area (Å²) in [6, 6.07) is 3.14. The molecule has 2 atom stereocenters. The van der Waals surface area contributed by atoms with Crippen LogP contribution in [0.25, 0.3) is 0 Å². The van der Waals surface area contributed by atoms with Crippen LogP contribution in [0.3, 0.4) is 0 Å². The molecule has 0 aromatic heterocycles. The predicted octanol–water partition coefficient (Wildman–Crippen LogP) is -3.45. The van der Waals surface area contributed by atoms with Crippen LogP contribution in [0.1, 0.15) is 29.6 Å². The van der Waals surface area contributed by atoms with Crippen LogP contribution >= 0.6 is 0 Å². The van der Waals surface area contributed by atoms with Crippen molar-refractivity contribution in [3.05, 3.63) is 29.8 Å². The molecule has 0 saturated carbocycles. The van der Waals surface area contributed by atoms with E-state index in [0.717, 1.165) is 19.5 Å². The van der Waals surface area contributed by atoms with Crippen LogP contribution in [-0.4, -0.2) is 195 Å². The largest absolute Gasteiger partial charge is 0.492 e. The van der Waals surface area contributed by atoms with Gasteiger partial charge in [0.1, 0.15) is 24.4 Å². The molecule has 312 valence electrons. The van der Waals surface area contributed by atoms with E-state index >= 15 is 0 Å². The van der Waals surface area contributed by atoms with Gasteiger partial charge in [0, 0.05) is 77.4 Å². The van der Waals surface area contributed by atoms with Gasteiger partial charge in [0.25, 0.3) is 5.91 Å². The Bertz CT molecular complexity index is 1620. The second-order valence-electron chi connectivity index (χ2n) is 13.0. The topological polar surface area (TPSA) is 309 Å². The van der Waals surface area contributed by atoms with Crippen LogP contribution in [0.2, 0.25) is 0 Å². The van der Waals surface area contributed by atoms with Gasteiger partial charge in [-0.25, -0.2) is 8.42 Å². The first-order valence-corrected chi connectivity index (χ1v) is 19.6. The summed E-state index contributed by atoms with van der Waals surface area (Å²) in [6.45, 7) is 1.91. The highest BCUT2D eigenvalue weighted by Gasteiger charge is 2.29. The Hall–Kier alpha value is -5.10. The van der Waals surface area contributed by atoms with E-state index in [1.807, 2.05) is 4.72 Å². The summed E-state index contributed by atoms with van der Waals surface area (Å²) >= 11 is 0. The van der Waals surface area contributed by atoms with Crippen molar-refractivity contribution < 1.29 is 62.3 Å². The lowest BCUT2D eigenvalue weighted by molar-refractivity contribution is -0.145. The minimum atomic E-state index is -4.28. The average Bonchev–Trinajstić information content (AvgIpc) is 3.22. The second kappa shape index (κ2) is 23.1. The zero-order valence-electron chi connectivity index (χ0n) is 30.9. The Kier molecular flexibility index (Phi) is 18.7. The molecule has 2 heterocycles. The smallest absolute Gasteiger partial charge is 0.323 e. The quantitative estimate of drug-likeness (QED) is 0.0514. The van der Waals surface area contributed by atoms with E-state index in [9.17, 15) is 57.6 Å². The van der Waals surface area contributed by atoms with Gasteiger partial charge >= 0.3 is 23.9 Å². The number of carbonyl (C=O) groups excluding carboxylic acids is 2. The third-order valence-electron chi connectivity index (χ3n) is 8.68. The number of carboxylic acids is 4. The van der Waals surface area contributed by atoms with Crippen molar-refractivity contribution in [3.63, 3.8) is 0 Å². The van der Waals surface area contributed by atoms with E-state index in [1.165, 1.54) is 12.1 Å². The number of aliphatic imine (C=N–C) groups is 1. The molecule has 2 amide bonds. The Morgan fingerprint density at radius 1 is 0.839 bits per heavy atom. The molecule has 22 nitrogen and oxygen atoms in total. The Morgan fingerprint density at radius 3 is 2.02 bits per heavy atom. The highest BCUT2D eigenvalue weighted by molar-refractivity contribution is 7.89. The number of rotatable bonds is 22. The fourth-order valence-corrected chi connectivity index (χ4v) is 6.86. The Labute approximate surface area is 323 Å². The van der Waals surface area contributed by atoms with Gasteiger partial charge in [-0.3, -0.25) is 48.5 Å². The standard InChI is InChI=1S/C33H51N9O13S/c43-27(7-6-26(32(51)52)42-16-14-40(21-28(44)45)12-13-41(15-17-42)22-29(46)47)34-11-19-56(53,54)39-25(31(49)50)20-38-30(48)23-2-4-24(5-3-23)55-18-10-37-33-35-8-1-9-36-33/h2-5,25-26,39H,1,6-22H2,(H,34,43)(H,38,48)(H,44,45)(H,46,47)(H,49,50)(H,51,52)(H2,35,36,37). The number of hydrogen-bond donors (Lipinski definition) is 9. The molecule has 1 saturated heterocycles. The van der Waals surface area contributed by atoms with Crippen LogP contribution in [0.4, 0.5) is 0 Å². The van der Waals surface area contributed by atoms with Crippen molar-refractivity contribution in [2.75, 3.05) is 97.4 Å². The first-order chi connectivity index (χ1) is 26.6. The molecule has 56 heavy (non-hydrogen) atoms. The Balaban J connectivity index is 1.43. The molecule has 2 unspecified atom stereocenters. The van der Waals surface area contributed by atoms with Gasteiger partial charge in [-0.1, -0.05) is 0 Å². The van der Waals surface area contributed by atoms with E-state index in [2.05, 4.69) is 26.3 Å². The number of aliphatic carboxylic acids is 4. The molecule has 0 spiro atoms. The fourth-order valence-electron chi connectivity index (χ4n) is 5.76. The highest BCUT2D eigenvalue weighted by Crippen LogP contribution is 2.13. The van der Waals surface area contributed by atoms with Gasteiger partial charge in [0.05, 0.1) is 25.4 Å². The van der Waals surface area contributed by atoms with Crippen molar-refractivity contribution >= 4 is 51.7 Å². The number of sulfonamides is 1. The van der Waals surface area contributed by atoms with Gasteiger partial charge < -0.3 is 46.4 Å². The first kappa shape index (κ1) is 45.3. The number of ether oxygens (including phenoxy) is 1. The minimum absolute atomic E-state index is 0.136.